The quantitative estimate of drug-likeness (QED) is 0.764. The maximum absolute atomic E-state index is 4.53. The summed E-state index contributed by atoms with van der Waals surface area (Å²) >= 11 is 0. The molecule has 2 fully saturated rings. The van der Waals surface area contributed by atoms with Crippen molar-refractivity contribution in [3.05, 3.63) is 37.2 Å². The number of anilines is 1. The summed E-state index contributed by atoms with van der Waals surface area (Å²) in [5, 5.41) is 1.19. The summed E-state index contributed by atoms with van der Waals surface area (Å²) in [5.41, 5.74) is 5.04. The van der Waals surface area contributed by atoms with Gasteiger partial charge in [-0.1, -0.05) is 12.8 Å². The molecule has 3 aromatic rings. The molecule has 1 aliphatic carbocycles. The average Bonchev–Trinajstić information content (AvgIpc) is 3.30. The number of fused-ring (bicyclic) bond motifs is 1. The van der Waals surface area contributed by atoms with Crippen LogP contribution in [-0.4, -0.2) is 33.0 Å². The summed E-state index contributed by atoms with van der Waals surface area (Å²) in [6.45, 7) is 2.30. The normalized spacial score (nSPS) is 19.8. The van der Waals surface area contributed by atoms with E-state index >= 15 is 0 Å². The number of nitrogens with zero attached hydrogens (tertiary/aromatic N) is 4. The largest absolute Gasteiger partial charge is 0.371 e. The molecule has 25 heavy (non-hydrogen) atoms. The van der Waals surface area contributed by atoms with Crippen LogP contribution in [0.25, 0.3) is 22.2 Å². The summed E-state index contributed by atoms with van der Waals surface area (Å²) in [6.07, 6.45) is 17.6. The molecule has 1 saturated heterocycles. The first-order chi connectivity index (χ1) is 12.3. The number of hydrogen-bond acceptors (Lipinski definition) is 4. The Balaban J connectivity index is 1.52. The third-order valence-corrected chi connectivity index (χ3v) is 6.25. The first-order valence-electron chi connectivity index (χ1n) is 9.31. The molecule has 0 bridgehead atoms. The van der Waals surface area contributed by atoms with Gasteiger partial charge in [-0.2, -0.15) is 0 Å². The molecule has 3 aromatic heterocycles. The SMILES string of the molecule is c1ncc(-c2c[nH]c3nccc(N4CCC5(CCCC5)CC4)c23)cn1. The van der Waals surface area contributed by atoms with Crippen molar-refractivity contribution in [3.8, 4) is 11.1 Å². The van der Waals surface area contributed by atoms with E-state index in [4.69, 9.17) is 0 Å². The number of nitrogens with one attached hydrogen (secondary N) is 1. The summed E-state index contributed by atoms with van der Waals surface area (Å²) in [4.78, 5) is 18.8. The number of hydrogen-bond donors (Lipinski definition) is 1. The topological polar surface area (TPSA) is 57.7 Å². The van der Waals surface area contributed by atoms with Crippen LogP contribution in [-0.2, 0) is 0 Å². The van der Waals surface area contributed by atoms with Crippen LogP contribution in [0.15, 0.2) is 37.2 Å². The molecule has 0 amide bonds. The van der Waals surface area contributed by atoms with E-state index in [9.17, 15) is 0 Å². The number of rotatable bonds is 2. The molecule has 5 rings (SSSR count). The number of piperidine rings is 1. The lowest BCUT2D eigenvalue weighted by Gasteiger charge is -2.40. The van der Waals surface area contributed by atoms with Crippen molar-refractivity contribution in [2.24, 2.45) is 5.41 Å². The van der Waals surface area contributed by atoms with Crippen LogP contribution in [0.1, 0.15) is 38.5 Å². The minimum Gasteiger partial charge on any atom is -0.371 e. The summed E-state index contributed by atoms with van der Waals surface area (Å²) in [7, 11) is 0. The monoisotopic (exact) mass is 333 g/mol. The predicted octanol–water partition coefficient (Wildman–Crippen LogP) is 4.18. The molecule has 0 unspecified atom stereocenters. The molecule has 1 saturated carbocycles. The van der Waals surface area contributed by atoms with E-state index in [-0.39, 0.29) is 0 Å². The van der Waals surface area contributed by atoms with Crippen LogP contribution in [0.2, 0.25) is 0 Å². The van der Waals surface area contributed by atoms with Crippen LogP contribution < -0.4 is 4.90 Å². The Bertz CT molecular complexity index is 869. The van der Waals surface area contributed by atoms with Crippen molar-refractivity contribution in [1.29, 1.82) is 0 Å². The van der Waals surface area contributed by atoms with Gasteiger partial charge in [0.2, 0.25) is 0 Å². The molecule has 128 valence electrons. The Morgan fingerprint density at radius 2 is 1.76 bits per heavy atom. The summed E-state index contributed by atoms with van der Waals surface area (Å²) < 4.78 is 0. The lowest BCUT2D eigenvalue weighted by atomic mass is 9.77. The van der Waals surface area contributed by atoms with Crippen molar-refractivity contribution in [2.75, 3.05) is 18.0 Å². The minimum absolute atomic E-state index is 0.636. The molecule has 5 heteroatoms. The molecule has 1 aliphatic heterocycles. The minimum atomic E-state index is 0.636. The molecular formula is C20H23N5. The fourth-order valence-corrected chi connectivity index (χ4v) is 4.82. The first-order valence-corrected chi connectivity index (χ1v) is 9.31. The average molecular weight is 333 g/mol. The third kappa shape index (κ3) is 2.49. The Hall–Kier alpha value is -2.43. The predicted molar refractivity (Wildman–Crippen MR) is 99.5 cm³/mol. The van der Waals surface area contributed by atoms with Crippen molar-refractivity contribution >= 4 is 16.7 Å². The van der Waals surface area contributed by atoms with Gasteiger partial charge in [-0.25, -0.2) is 15.0 Å². The zero-order chi connectivity index (χ0) is 16.7. The fourth-order valence-electron chi connectivity index (χ4n) is 4.82. The molecule has 5 nitrogen and oxygen atoms in total. The van der Waals surface area contributed by atoms with E-state index in [1.54, 1.807) is 6.33 Å². The second-order valence-corrected chi connectivity index (χ2v) is 7.58. The van der Waals surface area contributed by atoms with E-state index in [1.807, 2.05) is 24.8 Å². The summed E-state index contributed by atoms with van der Waals surface area (Å²) in [5.74, 6) is 0. The Labute approximate surface area is 147 Å². The Morgan fingerprint density at radius 3 is 2.52 bits per heavy atom. The zero-order valence-electron chi connectivity index (χ0n) is 14.4. The fraction of sp³-hybridized carbons (Fsp3) is 0.450. The van der Waals surface area contributed by atoms with Crippen molar-refractivity contribution < 1.29 is 0 Å². The number of aromatic nitrogens is 4. The van der Waals surface area contributed by atoms with Crippen LogP contribution in [0.4, 0.5) is 5.69 Å². The van der Waals surface area contributed by atoms with Crippen LogP contribution in [0.5, 0.6) is 0 Å². The first kappa shape index (κ1) is 14.9. The Morgan fingerprint density at radius 1 is 1.00 bits per heavy atom. The second-order valence-electron chi connectivity index (χ2n) is 7.58. The molecular weight excluding hydrogens is 310 g/mol. The van der Waals surface area contributed by atoms with Crippen LogP contribution in [0.3, 0.4) is 0 Å². The second kappa shape index (κ2) is 5.83. The maximum atomic E-state index is 4.53. The highest BCUT2D eigenvalue weighted by Gasteiger charge is 2.37. The van der Waals surface area contributed by atoms with Gasteiger partial charge in [-0.15, -0.1) is 0 Å². The highest BCUT2D eigenvalue weighted by molar-refractivity contribution is 6.02. The van der Waals surface area contributed by atoms with Gasteiger partial charge >= 0.3 is 0 Å². The smallest absolute Gasteiger partial charge is 0.139 e. The van der Waals surface area contributed by atoms with Gasteiger partial charge in [0.05, 0.1) is 0 Å². The summed E-state index contributed by atoms with van der Waals surface area (Å²) in [6, 6.07) is 2.16. The van der Waals surface area contributed by atoms with Crippen LogP contribution >= 0.6 is 0 Å². The van der Waals surface area contributed by atoms with E-state index in [0.29, 0.717) is 5.41 Å². The number of H-pyrrole nitrogens is 1. The molecule has 0 radical (unpaired) electrons. The van der Waals surface area contributed by atoms with Gasteiger partial charge < -0.3 is 9.88 Å². The van der Waals surface area contributed by atoms with Gasteiger partial charge in [0, 0.05) is 60.1 Å². The Kier molecular flexibility index (Phi) is 3.47. The lowest BCUT2D eigenvalue weighted by molar-refractivity contribution is 0.227. The molecule has 0 atom stereocenters. The number of aromatic amines is 1. The van der Waals surface area contributed by atoms with Crippen LogP contribution in [0, 0.1) is 5.41 Å². The van der Waals surface area contributed by atoms with E-state index in [1.165, 1.54) is 49.6 Å². The molecule has 1 spiro atoms. The van der Waals surface area contributed by atoms with Crippen molar-refractivity contribution in [3.63, 3.8) is 0 Å². The molecule has 0 aromatic carbocycles. The highest BCUT2D eigenvalue weighted by atomic mass is 15.1. The third-order valence-electron chi connectivity index (χ3n) is 6.25. The van der Waals surface area contributed by atoms with Gasteiger partial charge in [0.15, 0.2) is 0 Å². The van der Waals surface area contributed by atoms with Gasteiger partial charge in [-0.3, -0.25) is 0 Å². The van der Waals surface area contributed by atoms with Gasteiger partial charge in [0.1, 0.15) is 12.0 Å². The van der Waals surface area contributed by atoms with Crippen molar-refractivity contribution in [1.82, 2.24) is 19.9 Å². The maximum Gasteiger partial charge on any atom is 0.139 e. The molecule has 2 aliphatic rings. The van der Waals surface area contributed by atoms with Gasteiger partial charge in [0.25, 0.3) is 0 Å². The van der Waals surface area contributed by atoms with E-state index < -0.39 is 0 Å². The lowest BCUT2D eigenvalue weighted by Crippen LogP contribution is -2.38. The van der Waals surface area contributed by atoms with E-state index in [2.05, 4.69) is 30.9 Å². The van der Waals surface area contributed by atoms with Gasteiger partial charge in [-0.05, 0) is 37.2 Å². The van der Waals surface area contributed by atoms with Crippen molar-refractivity contribution in [2.45, 2.75) is 38.5 Å². The number of pyridine rings is 1. The zero-order valence-corrected chi connectivity index (χ0v) is 14.4. The molecule has 1 N–H and O–H groups in total. The molecule has 4 heterocycles. The highest BCUT2D eigenvalue weighted by Crippen LogP contribution is 2.47. The van der Waals surface area contributed by atoms with E-state index in [0.717, 1.165) is 29.9 Å². The standard InChI is InChI=1S/C20H23N5/c1-2-5-20(4-1)6-9-25(10-7-20)17-3-8-23-19-18(17)16(13-24-19)15-11-21-14-22-12-15/h3,8,11-14H,1-2,4-7,9-10H2,(H,23,24).